The molecule has 6 aliphatic heterocycles. The van der Waals surface area contributed by atoms with E-state index in [1.807, 2.05) is 6.07 Å². The fourth-order valence-corrected chi connectivity index (χ4v) is 19.0. The molecule has 11 heterocycles. The van der Waals surface area contributed by atoms with Gasteiger partial charge in [-0.1, -0.05) is 30.0 Å². The van der Waals surface area contributed by atoms with Gasteiger partial charge in [0.05, 0.1) is 72.5 Å². The number of methoxy groups -OCH3 is 4. The molecule has 5 aromatic heterocycles. The van der Waals surface area contributed by atoms with Crippen molar-refractivity contribution in [1.82, 2.24) is 43.2 Å². The Hall–Kier alpha value is -5.17. The van der Waals surface area contributed by atoms with Crippen LogP contribution in [0.15, 0.2) is 94.0 Å². The van der Waals surface area contributed by atoms with E-state index in [1.165, 1.54) is 73.9 Å². The number of benzene rings is 1. The van der Waals surface area contributed by atoms with E-state index in [-0.39, 0.29) is 49.5 Å². The zero-order valence-corrected chi connectivity index (χ0v) is 65.0. The van der Waals surface area contributed by atoms with Crippen molar-refractivity contribution >= 4 is 120 Å². The van der Waals surface area contributed by atoms with Gasteiger partial charge in [0.2, 0.25) is 0 Å². The lowest BCUT2D eigenvalue weighted by Crippen LogP contribution is -2.40. The summed E-state index contributed by atoms with van der Waals surface area (Å²) in [5, 5.41) is 63.4. The second-order valence-corrected chi connectivity index (χ2v) is 34.7. The van der Waals surface area contributed by atoms with Crippen LogP contribution in [0.1, 0.15) is 47.6 Å². The van der Waals surface area contributed by atoms with Crippen LogP contribution in [0.3, 0.4) is 0 Å². The third kappa shape index (κ3) is 21.4. The van der Waals surface area contributed by atoms with Gasteiger partial charge in [-0.2, -0.15) is 4.98 Å². The molecule has 111 heavy (non-hydrogen) atoms. The number of nitrogens with one attached hydrogen (secondary N) is 2. The fourth-order valence-electron chi connectivity index (χ4n) is 12.7. The Morgan fingerprint density at radius 3 is 1.98 bits per heavy atom. The number of nitrogens with zero attached hydrogens (tertiary/aromatic N) is 8. The number of H-pyrrole nitrogens is 1. The highest BCUT2D eigenvalue weighted by Crippen LogP contribution is 2.64. The maximum absolute atomic E-state index is 14.3. The second kappa shape index (κ2) is 39.6. The van der Waals surface area contributed by atoms with Gasteiger partial charge in [0.1, 0.15) is 122 Å². The largest absolute Gasteiger partial charge is 0.780 e. The average molecular weight is 1670 g/mol. The molecule has 6 saturated heterocycles. The Morgan fingerprint density at radius 2 is 1.34 bits per heavy atom. The minimum Gasteiger partial charge on any atom is -0.780 e. The van der Waals surface area contributed by atoms with Crippen LogP contribution in [0.2, 0.25) is 0 Å². The van der Waals surface area contributed by atoms with Crippen LogP contribution in [-0.4, -0.2) is 294 Å². The van der Waals surface area contributed by atoms with Crippen LogP contribution in [0, 0.1) is 0 Å². The summed E-state index contributed by atoms with van der Waals surface area (Å²) >= 11 is 10.9. The fraction of sp³-hybridized carbons (Fsp3) is 0.600. The number of nitrogen functional groups attached to an aromatic ring is 2. The smallest absolute Gasteiger partial charge is 0.390 e. The zero-order valence-electron chi connectivity index (χ0n) is 59.9. The second-order valence-electron chi connectivity index (χ2n) is 25.3. The minimum atomic E-state index is -4.35. The summed E-state index contributed by atoms with van der Waals surface area (Å²) in [4.78, 5) is 79.6. The molecule has 51 heteroatoms. The van der Waals surface area contributed by atoms with Crippen LogP contribution in [0.4, 0.5) is 17.5 Å². The van der Waals surface area contributed by atoms with E-state index in [9.17, 15) is 63.8 Å². The Bertz CT molecular complexity index is 4410. The average Bonchev–Trinajstić information content (AvgIpc) is 1.68. The van der Waals surface area contributed by atoms with Gasteiger partial charge in [0.15, 0.2) is 30.7 Å². The number of hydrogen-bond acceptors (Lipinski definition) is 38. The highest BCUT2D eigenvalue weighted by molar-refractivity contribution is 8.54. The molecule has 9 unspecified atom stereocenters. The summed E-state index contributed by atoms with van der Waals surface area (Å²) in [6, 6.07) is 13.3. The lowest BCUT2D eigenvalue weighted by Gasteiger charge is -2.34. The van der Waals surface area contributed by atoms with Gasteiger partial charge >= 0.3 is 18.2 Å². The van der Waals surface area contributed by atoms with E-state index in [0.29, 0.717) is 41.3 Å². The van der Waals surface area contributed by atoms with Gasteiger partial charge < -0.3 is 135 Å². The van der Waals surface area contributed by atoms with Gasteiger partial charge in [-0.25, -0.2) is 29.1 Å². The van der Waals surface area contributed by atoms with E-state index in [0.717, 1.165) is 26.6 Å². The van der Waals surface area contributed by atoms with E-state index in [2.05, 4.69) is 30.2 Å². The summed E-state index contributed by atoms with van der Waals surface area (Å²) in [6.45, 7) is -14.4. The molecule has 0 saturated carbocycles. The number of carbonyl (C=O) groups is 1. The third-order valence-electron chi connectivity index (χ3n) is 18.5. The molecule has 24 atom stereocenters. The van der Waals surface area contributed by atoms with Gasteiger partial charge in [0.25, 0.3) is 11.5 Å². The van der Waals surface area contributed by atoms with E-state index < -0.39 is 185 Å². The maximum Gasteiger partial charge on any atom is 0.390 e. The SMILES string of the molecule is CO[C@H]1C(O)[C@@H](COP([O-])(=S)OC2[C@@H](CO)O[C@@H](n3ccc(N)nc3=O)[C@H]2OC)O[C@H]1n1ccc(=O)[nH]c1=O.Nc1ncnc2c1ncn2[C@H]1CC(OP(=O)([S-])OC[C@H]2OCCC2O)[C@@H](CO)O1.[B][B][C@@H]1O[C@H](COP(=O)(OC2[C@@H](CO)O[C@@H]([B][B])[C@H]2OC)SCc2ccc(NC(=O)c3ccccc3)n2C)C(O)[C@@H]1OC. The molecule has 0 bridgehead atoms. The maximum atomic E-state index is 14.3. The number of anilines is 3. The highest BCUT2D eigenvalue weighted by Gasteiger charge is 2.52. The molecule has 1 aromatic carbocycles. The monoisotopic (exact) mass is 1670 g/mol. The van der Waals surface area contributed by atoms with Gasteiger partial charge in [-0.05, 0) is 48.1 Å². The van der Waals surface area contributed by atoms with Gasteiger partial charge in [-0.3, -0.25) is 41.9 Å². The molecular formula is C60H81B4N12O29P3S3-2. The molecule has 602 valence electrons. The van der Waals surface area contributed by atoms with Gasteiger partial charge in [-0.15, -0.1) is 0 Å². The number of aromatic nitrogens is 9. The van der Waals surface area contributed by atoms with Crippen LogP contribution >= 0.6 is 31.7 Å². The molecule has 1 amide bonds. The van der Waals surface area contributed by atoms with Crippen molar-refractivity contribution in [2.24, 2.45) is 7.05 Å². The van der Waals surface area contributed by atoms with Gasteiger partial charge in [0, 0.05) is 111 Å². The number of fused-ring (bicyclic) bond motifs is 1. The molecule has 0 aliphatic carbocycles. The molecule has 6 radical (unpaired) electrons. The molecule has 6 fully saturated rings. The first-order chi connectivity index (χ1) is 53.0. The Balaban J connectivity index is 0.000000180. The van der Waals surface area contributed by atoms with Crippen molar-refractivity contribution in [3.05, 3.63) is 122 Å². The van der Waals surface area contributed by atoms with Crippen LogP contribution in [0.5, 0.6) is 0 Å². The predicted molar refractivity (Wildman–Crippen MR) is 398 cm³/mol. The lowest BCUT2D eigenvalue weighted by atomic mass is 9.50. The number of aliphatic hydroxyl groups excluding tert-OH is 6. The number of amides is 1. The van der Waals surface area contributed by atoms with Crippen molar-refractivity contribution in [2.45, 2.75) is 147 Å². The topological polar surface area (TPSA) is 546 Å². The Labute approximate surface area is 651 Å². The van der Waals surface area contributed by atoms with Crippen LogP contribution in [0.25, 0.3) is 11.2 Å². The summed E-state index contributed by atoms with van der Waals surface area (Å²) in [5.41, 5.74) is 11.2. The normalized spacial score (nSPS) is 31.4. The Morgan fingerprint density at radius 1 is 0.730 bits per heavy atom. The predicted octanol–water partition coefficient (Wildman–Crippen LogP) is -3.14. The third-order valence-corrected chi connectivity index (χ3v) is 25.2. The Kier molecular flexibility index (Phi) is 31.5. The molecular weight excluding hydrogens is 1590 g/mol. The number of rotatable bonds is 32. The molecule has 41 nitrogen and oxygen atoms in total. The molecule has 12 N–H and O–H groups in total. The minimum absolute atomic E-state index is 0.0159. The van der Waals surface area contributed by atoms with Crippen LogP contribution in [-0.2, 0) is 120 Å². The summed E-state index contributed by atoms with van der Waals surface area (Å²) < 4.78 is 121. The summed E-state index contributed by atoms with van der Waals surface area (Å²) in [5.74, 6) is 0.619. The molecule has 0 spiro atoms. The first kappa shape index (κ1) is 88.2. The number of imidazole rings is 1. The molecule has 12 rings (SSSR count). The van der Waals surface area contributed by atoms with E-state index >= 15 is 0 Å². The van der Waals surface area contributed by atoms with Crippen molar-refractivity contribution in [3.8, 4) is 0 Å². The lowest BCUT2D eigenvalue weighted by molar-refractivity contribution is -0.218. The van der Waals surface area contributed by atoms with Crippen molar-refractivity contribution < 1.29 is 124 Å². The highest BCUT2D eigenvalue weighted by atomic mass is 32.7. The molecule has 6 aliphatic rings. The van der Waals surface area contributed by atoms with Crippen LogP contribution < -0.4 is 38.6 Å². The summed E-state index contributed by atoms with van der Waals surface area (Å²) in [7, 11) is 21.0. The number of aliphatic hydroxyl groups is 6. The first-order valence-electron chi connectivity index (χ1n) is 34.0. The number of hydrogen-bond donors (Lipinski definition) is 10. The van der Waals surface area contributed by atoms with Crippen molar-refractivity contribution in [2.75, 3.05) is 91.5 Å². The quantitative estimate of drug-likeness (QED) is 0.0113. The summed E-state index contributed by atoms with van der Waals surface area (Å²) in [6.07, 6.45) is -12.2. The first-order valence-corrected chi connectivity index (χ1v) is 42.2. The standard InChI is InChI=1S/C25H33B4N2O10PS.C20H28N5O12PS.C15H22N5O7PS/c1-31-15(9-10-18(31)30-25(34)14-7-5-4-6-8-14)13-43-42(35,38-12-17-19(33)21(36-2)23(28-26)40-17)41-20-16(11-32)39-24(29-27)22(20)37-3;1-32-15-13(28)10(36-17(15)25-6-4-12(27)23-20(25)30)8-34-38(31,39)37-14-9(7-26)35-18(16(14)33-2)24-5-3-11(21)22-19(24)29;16-14-13-15(18-6-17-14)20(7-19-13)12-3-9(10(4-21)26-12)27-28(23,29)25-5-11-8(22)1-2-24-11/h4-10,16-17,19-24,32-33H,11-13H2,1-3H3,(H,30,34);3-6,9-10,13-18,26,28H,7-8H2,1-2H3,(H,31,39)(H2,21,22,29)(H,23,27,30);6-12,21-22H,1-5H2,(H,23,29)(H2,16,17,18)/p-2/t16-,17-,19?,20?,21+,22+,23-,24-,42?;9-,10-,13?,14?,15+,16+,17-,18-,38?;8?,9?,10-,11-,12-,28?/m111/s1. The zero-order chi connectivity index (χ0) is 80.2. The van der Waals surface area contributed by atoms with E-state index in [1.54, 1.807) is 52.6 Å². The molecule has 6 aromatic rings. The van der Waals surface area contributed by atoms with Crippen molar-refractivity contribution in [3.63, 3.8) is 0 Å². The number of aromatic amines is 1. The van der Waals surface area contributed by atoms with E-state index in [4.69, 9.17) is 126 Å². The number of nitrogens with two attached hydrogens (primary N) is 2. The van der Waals surface area contributed by atoms with Crippen molar-refractivity contribution in [1.29, 1.82) is 0 Å². The number of ether oxygens (including phenoxy) is 10. The number of carbonyl (C=O) groups excluding carboxylic acids is 1.